The molecule has 0 aromatic carbocycles. The van der Waals surface area contributed by atoms with Gasteiger partial charge in [0.2, 0.25) is 0 Å². The number of nitrogens with two attached hydrogens (primary N) is 1. The Bertz CT molecular complexity index is 366. The van der Waals surface area contributed by atoms with Crippen LogP contribution in [0.3, 0.4) is 0 Å². The van der Waals surface area contributed by atoms with Crippen molar-refractivity contribution in [2.24, 2.45) is 5.73 Å². The van der Waals surface area contributed by atoms with Crippen LogP contribution in [-0.4, -0.2) is 36.0 Å². The zero-order valence-electron chi connectivity index (χ0n) is 11.4. The number of likely N-dealkylation sites (tertiary alicyclic amines) is 1. The van der Waals surface area contributed by atoms with Gasteiger partial charge in [0.1, 0.15) is 11.5 Å². The molecule has 2 rings (SSSR count). The minimum Gasteiger partial charge on any atom is -0.465 e. The standard InChI is InChI=1S/C14H24N2OS/c1-11-5-6-14(17-11)13(10-15)16-8-3-4-12(18-2)7-9-16/h5-6,12-13H,3-4,7-10,15H2,1-2H3. The molecule has 1 aliphatic heterocycles. The van der Waals surface area contributed by atoms with Gasteiger partial charge < -0.3 is 10.2 Å². The Kier molecular flexibility index (Phi) is 5.15. The van der Waals surface area contributed by atoms with Crippen molar-refractivity contribution >= 4 is 11.8 Å². The summed E-state index contributed by atoms with van der Waals surface area (Å²) in [6.07, 6.45) is 6.07. The predicted octanol–water partition coefficient (Wildman–Crippen LogP) is 2.81. The first-order chi connectivity index (χ1) is 8.74. The molecule has 18 heavy (non-hydrogen) atoms. The fourth-order valence-electron chi connectivity index (χ4n) is 2.71. The van der Waals surface area contributed by atoms with Crippen LogP contribution >= 0.6 is 11.8 Å². The highest BCUT2D eigenvalue weighted by Crippen LogP contribution is 2.27. The molecule has 2 unspecified atom stereocenters. The molecule has 1 aliphatic rings. The number of hydrogen-bond donors (Lipinski definition) is 1. The number of rotatable bonds is 4. The molecule has 1 aromatic heterocycles. The molecule has 0 saturated carbocycles. The molecule has 0 spiro atoms. The van der Waals surface area contributed by atoms with E-state index in [2.05, 4.69) is 17.2 Å². The van der Waals surface area contributed by atoms with Crippen molar-refractivity contribution in [2.45, 2.75) is 37.5 Å². The summed E-state index contributed by atoms with van der Waals surface area (Å²) in [6.45, 7) is 4.89. The summed E-state index contributed by atoms with van der Waals surface area (Å²) in [6, 6.07) is 4.35. The molecule has 1 fully saturated rings. The fourth-order valence-corrected chi connectivity index (χ4v) is 3.46. The Balaban J connectivity index is 2.03. The first kappa shape index (κ1) is 14.0. The van der Waals surface area contributed by atoms with E-state index < -0.39 is 0 Å². The molecule has 1 saturated heterocycles. The minimum atomic E-state index is 0.249. The van der Waals surface area contributed by atoms with E-state index in [1.54, 1.807) is 0 Å². The van der Waals surface area contributed by atoms with Gasteiger partial charge in [-0.15, -0.1) is 0 Å². The van der Waals surface area contributed by atoms with Crippen LogP contribution in [0.1, 0.15) is 36.8 Å². The summed E-state index contributed by atoms with van der Waals surface area (Å²) in [5.74, 6) is 2.00. The third kappa shape index (κ3) is 3.31. The summed E-state index contributed by atoms with van der Waals surface area (Å²) in [5, 5.41) is 0.812. The lowest BCUT2D eigenvalue weighted by molar-refractivity contribution is 0.185. The second-order valence-corrected chi connectivity index (χ2v) is 6.16. The van der Waals surface area contributed by atoms with Gasteiger partial charge in [-0.2, -0.15) is 11.8 Å². The van der Waals surface area contributed by atoms with Gasteiger partial charge >= 0.3 is 0 Å². The normalized spacial score (nSPS) is 23.8. The van der Waals surface area contributed by atoms with E-state index in [1.165, 1.54) is 19.3 Å². The lowest BCUT2D eigenvalue weighted by Crippen LogP contribution is -2.34. The summed E-state index contributed by atoms with van der Waals surface area (Å²) < 4.78 is 5.76. The molecule has 3 nitrogen and oxygen atoms in total. The van der Waals surface area contributed by atoms with Crippen molar-refractivity contribution < 1.29 is 4.42 Å². The van der Waals surface area contributed by atoms with Crippen molar-refractivity contribution in [1.82, 2.24) is 4.90 Å². The highest BCUT2D eigenvalue weighted by atomic mass is 32.2. The minimum absolute atomic E-state index is 0.249. The lowest BCUT2D eigenvalue weighted by Gasteiger charge is -2.28. The summed E-state index contributed by atoms with van der Waals surface area (Å²) >= 11 is 2.00. The molecular weight excluding hydrogens is 244 g/mol. The third-order valence-corrected chi connectivity index (χ3v) is 4.93. The van der Waals surface area contributed by atoms with E-state index in [9.17, 15) is 0 Å². The Labute approximate surface area is 114 Å². The van der Waals surface area contributed by atoms with Crippen LogP contribution in [0.25, 0.3) is 0 Å². The van der Waals surface area contributed by atoms with Crippen LogP contribution in [0.2, 0.25) is 0 Å². The van der Waals surface area contributed by atoms with Crippen molar-refractivity contribution in [3.8, 4) is 0 Å². The quantitative estimate of drug-likeness (QED) is 0.912. The van der Waals surface area contributed by atoms with Gasteiger partial charge in [-0.25, -0.2) is 0 Å². The Morgan fingerprint density at radius 3 is 2.89 bits per heavy atom. The Morgan fingerprint density at radius 2 is 2.28 bits per heavy atom. The van der Waals surface area contributed by atoms with Crippen LogP contribution < -0.4 is 5.73 Å². The van der Waals surface area contributed by atoms with Crippen LogP contribution in [0, 0.1) is 6.92 Å². The van der Waals surface area contributed by atoms with E-state index in [4.69, 9.17) is 10.2 Å². The zero-order chi connectivity index (χ0) is 13.0. The maximum atomic E-state index is 5.96. The zero-order valence-corrected chi connectivity index (χ0v) is 12.2. The van der Waals surface area contributed by atoms with Gasteiger partial charge in [0.15, 0.2) is 0 Å². The smallest absolute Gasteiger partial charge is 0.122 e. The van der Waals surface area contributed by atoms with E-state index in [-0.39, 0.29) is 6.04 Å². The van der Waals surface area contributed by atoms with Crippen LogP contribution in [-0.2, 0) is 0 Å². The molecule has 1 aromatic rings. The summed E-state index contributed by atoms with van der Waals surface area (Å²) in [7, 11) is 0. The van der Waals surface area contributed by atoms with Gasteiger partial charge in [0.25, 0.3) is 0 Å². The van der Waals surface area contributed by atoms with Crippen LogP contribution in [0.15, 0.2) is 16.5 Å². The van der Waals surface area contributed by atoms with Gasteiger partial charge in [0.05, 0.1) is 6.04 Å². The largest absolute Gasteiger partial charge is 0.465 e. The SMILES string of the molecule is CSC1CCCN(C(CN)c2ccc(C)o2)CC1. The average Bonchev–Trinajstić information content (AvgIpc) is 2.66. The van der Waals surface area contributed by atoms with Gasteiger partial charge in [0, 0.05) is 11.8 Å². The predicted molar refractivity (Wildman–Crippen MR) is 78.0 cm³/mol. The second-order valence-electron chi connectivity index (χ2n) is 5.02. The molecule has 2 N–H and O–H groups in total. The van der Waals surface area contributed by atoms with Crippen LogP contribution in [0.4, 0.5) is 0 Å². The molecule has 4 heteroatoms. The van der Waals surface area contributed by atoms with E-state index >= 15 is 0 Å². The Hall–Kier alpha value is -0.450. The maximum absolute atomic E-state index is 5.96. The second kappa shape index (κ2) is 6.64. The maximum Gasteiger partial charge on any atom is 0.122 e. The van der Waals surface area contributed by atoms with Crippen molar-refractivity contribution in [2.75, 3.05) is 25.9 Å². The molecule has 2 heterocycles. The molecule has 0 bridgehead atoms. The monoisotopic (exact) mass is 268 g/mol. The van der Waals surface area contributed by atoms with E-state index in [1.807, 2.05) is 24.8 Å². The molecule has 0 aliphatic carbocycles. The molecule has 2 atom stereocenters. The highest BCUT2D eigenvalue weighted by molar-refractivity contribution is 7.99. The first-order valence-corrected chi connectivity index (χ1v) is 8.06. The summed E-state index contributed by atoms with van der Waals surface area (Å²) in [5.41, 5.74) is 5.96. The molecule has 0 radical (unpaired) electrons. The van der Waals surface area contributed by atoms with E-state index in [0.29, 0.717) is 6.54 Å². The van der Waals surface area contributed by atoms with E-state index in [0.717, 1.165) is 29.9 Å². The van der Waals surface area contributed by atoms with Gasteiger partial charge in [-0.1, -0.05) is 0 Å². The van der Waals surface area contributed by atoms with Crippen LogP contribution in [0.5, 0.6) is 0 Å². The van der Waals surface area contributed by atoms with Crippen molar-refractivity contribution in [3.63, 3.8) is 0 Å². The molecule has 102 valence electrons. The van der Waals surface area contributed by atoms with Gasteiger partial charge in [-0.3, -0.25) is 4.90 Å². The highest BCUT2D eigenvalue weighted by Gasteiger charge is 2.25. The number of furan rings is 1. The number of aryl methyl sites for hydroxylation is 1. The van der Waals surface area contributed by atoms with Crippen molar-refractivity contribution in [3.05, 3.63) is 23.7 Å². The number of thioether (sulfide) groups is 1. The number of hydrogen-bond acceptors (Lipinski definition) is 4. The molecular formula is C14H24N2OS. The Morgan fingerprint density at radius 1 is 1.44 bits per heavy atom. The first-order valence-electron chi connectivity index (χ1n) is 6.78. The number of nitrogens with zero attached hydrogens (tertiary/aromatic N) is 1. The van der Waals surface area contributed by atoms with Crippen molar-refractivity contribution in [1.29, 1.82) is 0 Å². The lowest BCUT2D eigenvalue weighted by atomic mass is 10.2. The van der Waals surface area contributed by atoms with Gasteiger partial charge in [-0.05, 0) is 57.7 Å². The summed E-state index contributed by atoms with van der Waals surface area (Å²) in [4.78, 5) is 2.49. The topological polar surface area (TPSA) is 42.4 Å². The average molecular weight is 268 g/mol. The fraction of sp³-hybridized carbons (Fsp3) is 0.714. The third-order valence-electron chi connectivity index (χ3n) is 3.80. The molecule has 0 amide bonds.